The number of hydrogen-bond acceptors (Lipinski definition) is 14. The zero-order valence-corrected chi connectivity index (χ0v) is 42.4. The van der Waals surface area contributed by atoms with E-state index >= 15 is 0 Å². The van der Waals surface area contributed by atoms with Crippen molar-refractivity contribution in [3.8, 4) is 11.4 Å². The van der Waals surface area contributed by atoms with Gasteiger partial charge in [0.05, 0.1) is 47.5 Å². The number of cyclic esters (lactones) is 1. The second-order valence-corrected chi connectivity index (χ2v) is 19.3. The molecule has 0 spiro atoms. The van der Waals surface area contributed by atoms with Gasteiger partial charge in [-0.3, -0.25) is 38.4 Å². The van der Waals surface area contributed by atoms with E-state index < -0.39 is 65.0 Å². The first kappa shape index (κ1) is 56.2. The van der Waals surface area contributed by atoms with Gasteiger partial charge in [-0.1, -0.05) is 61.9 Å². The van der Waals surface area contributed by atoms with Crippen molar-refractivity contribution < 1.29 is 47.8 Å². The maximum Gasteiger partial charge on any atom is 0.355 e. The predicted octanol–water partition coefficient (Wildman–Crippen LogP) is 3.82. The highest BCUT2D eigenvalue weighted by molar-refractivity contribution is 5.95. The van der Waals surface area contributed by atoms with E-state index in [1.54, 1.807) is 17.6 Å². The van der Waals surface area contributed by atoms with Crippen LogP contribution in [0.4, 0.5) is 0 Å². The number of rotatable bonds is 30. The van der Waals surface area contributed by atoms with Crippen LogP contribution in [0.5, 0.6) is 0 Å². The normalized spacial score (nSPS) is 16.1. The van der Waals surface area contributed by atoms with Gasteiger partial charge in [-0.15, -0.1) is 0 Å². The van der Waals surface area contributed by atoms with Gasteiger partial charge in [0.15, 0.2) is 11.6 Å². The van der Waals surface area contributed by atoms with Crippen molar-refractivity contribution in [3.63, 3.8) is 0 Å². The summed E-state index contributed by atoms with van der Waals surface area (Å²) in [5.41, 5.74) is 18.8. The molecule has 2 aromatic carbocycles. The summed E-state index contributed by atoms with van der Waals surface area (Å²) in [7, 11) is 0. The molecule has 5 atom stereocenters. The van der Waals surface area contributed by atoms with Crippen LogP contribution in [0, 0.1) is 11.8 Å². The Morgan fingerprint density at radius 1 is 0.797 bits per heavy atom. The Balaban J connectivity index is 1.01. The zero-order valence-electron chi connectivity index (χ0n) is 42.4. The second kappa shape index (κ2) is 26.7. The predicted molar refractivity (Wildman–Crippen MR) is 275 cm³/mol. The first-order chi connectivity index (χ1) is 35.6. The highest BCUT2D eigenvalue weighted by atomic mass is 16.6. The molecule has 74 heavy (non-hydrogen) atoms. The van der Waals surface area contributed by atoms with Crippen LogP contribution in [0.3, 0.4) is 0 Å². The van der Waals surface area contributed by atoms with Gasteiger partial charge in [0.2, 0.25) is 29.2 Å². The van der Waals surface area contributed by atoms with E-state index in [9.17, 15) is 43.2 Å². The van der Waals surface area contributed by atoms with Crippen molar-refractivity contribution in [2.75, 3.05) is 19.6 Å². The summed E-state index contributed by atoms with van der Waals surface area (Å²) in [6.45, 7) is 3.94. The summed E-state index contributed by atoms with van der Waals surface area (Å²) in [5.74, 6) is -6.16. The van der Waals surface area contributed by atoms with Gasteiger partial charge in [0.1, 0.15) is 6.61 Å². The fraction of sp³-hybridized carbons (Fsp3) is 0.491. The minimum atomic E-state index is -1.92. The molecule has 2 aromatic heterocycles. The number of benzene rings is 2. The number of fused-ring (bicyclic) bond motifs is 5. The number of hydrogen-bond donors (Lipinski definition) is 6. The second-order valence-electron chi connectivity index (χ2n) is 19.3. The molecule has 19 nitrogen and oxygen atoms in total. The number of aromatic nitrogens is 2. The highest BCUT2D eigenvalue weighted by Crippen LogP contribution is 2.41. The Labute approximate surface area is 430 Å². The summed E-state index contributed by atoms with van der Waals surface area (Å²) in [6, 6.07) is 18.6. The number of ketones is 2. The lowest BCUT2D eigenvalue weighted by atomic mass is 9.85. The third kappa shape index (κ3) is 14.3. The number of nitrogens with zero attached hydrogens (tertiary/aromatic N) is 2. The molecule has 4 amide bonds. The molecular weight excluding hydrogens is 949 g/mol. The molecule has 0 fully saturated rings. The third-order valence-electron chi connectivity index (χ3n) is 13.9. The summed E-state index contributed by atoms with van der Waals surface area (Å²) in [4.78, 5) is 125. The number of amides is 4. The Kier molecular flexibility index (Phi) is 20.3. The van der Waals surface area contributed by atoms with Crippen LogP contribution < -0.4 is 38.7 Å². The van der Waals surface area contributed by atoms with E-state index in [2.05, 4.69) is 16.0 Å². The van der Waals surface area contributed by atoms with E-state index in [1.807, 2.05) is 60.7 Å². The number of nitrogens with two attached hydrogens (primary N) is 3. The third-order valence-corrected chi connectivity index (χ3v) is 13.9. The van der Waals surface area contributed by atoms with Crippen LogP contribution in [0.2, 0.25) is 0 Å². The molecule has 0 saturated heterocycles. The lowest BCUT2D eigenvalue weighted by Crippen LogP contribution is -2.47. The molecule has 0 saturated carbocycles. The van der Waals surface area contributed by atoms with Crippen LogP contribution in [0.15, 0.2) is 71.5 Å². The van der Waals surface area contributed by atoms with Gasteiger partial charge >= 0.3 is 11.9 Å². The standard InChI is InChI=1S/C55H70N8O11/c1-3-55(41-31-45-50-39(28-36-17-7-8-19-42(36)61-50)32-63(45)53(71)40(41)33-73-54(55)72)74-49(68)23-22-48(67)59-26-14-11-18-37(51(58)69)29-46(65)44(21-10-13-25-57)62-52(70)38(27-35-15-5-4-6-16-35)30-47(66)43(60-34(2)64)20-9-12-24-56/h4-8,15-17,19,28,31,37-38,43-44H,3,9-14,18,20-27,29-30,32-33,56-57H2,1-2H3,(H2,58,69)(H,59,67)(H,60,64)(H,62,70)/t37-,38-,43+,44+,55+/m1/s1. The topological polar surface area (TPSA) is 304 Å². The molecule has 2 aliphatic heterocycles. The minimum absolute atomic E-state index is 0.0322. The summed E-state index contributed by atoms with van der Waals surface area (Å²) < 4.78 is 12.9. The summed E-state index contributed by atoms with van der Waals surface area (Å²) in [5, 5.41) is 9.27. The zero-order chi connectivity index (χ0) is 53.4. The highest BCUT2D eigenvalue weighted by Gasteiger charge is 2.50. The van der Waals surface area contributed by atoms with E-state index in [0.717, 1.165) is 22.0 Å². The molecule has 4 aromatic rings. The van der Waals surface area contributed by atoms with Gasteiger partial charge < -0.3 is 47.2 Å². The number of para-hydroxylation sites is 1. The minimum Gasteiger partial charge on any atom is -0.457 e. The fourth-order valence-electron chi connectivity index (χ4n) is 9.79. The van der Waals surface area contributed by atoms with E-state index in [1.165, 1.54) is 6.92 Å². The van der Waals surface area contributed by atoms with E-state index in [0.29, 0.717) is 69.4 Å². The molecular formula is C55H70N8O11. The quantitative estimate of drug-likeness (QED) is 0.0282. The number of nitrogens with one attached hydrogen (secondary N) is 3. The first-order valence-corrected chi connectivity index (χ1v) is 25.8. The van der Waals surface area contributed by atoms with Gasteiger partial charge in [0, 0.05) is 61.1 Å². The van der Waals surface area contributed by atoms with Gasteiger partial charge in [-0.05, 0) is 101 Å². The van der Waals surface area contributed by atoms with Crippen molar-refractivity contribution in [2.45, 2.75) is 141 Å². The van der Waals surface area contributed by atoms with Crippen LogP contribution in [0.25, 0.3) is 22.3 Å². The van der Waals surface area contributed by atoms with Gasteiger partial charge in [-0.2, -0.15) is 0 Å². The molecule has 396 valence electrons. The van der Waals surface area contributed by atoms with Crippen LogP contribution >= 0.6 is 0 Å². The Hall–Kier alpha value is -7.12. The Morgan fingerprint density at radius 3 is 2.11 bits per heavy atom. The Morgan fingerprint density at radius 2 is 1.45 bits per heavy atom. The first-order valence-electron chi connectivity index (χ1n) is 25.8. The number of ether oxygens (including phenoxy) is 2. The van der Waals surface area contributed by atoms with Crippen molar-refractivity contribution in [3.05, 3.63) is 99.3 Å². The largest absolute Gasteiger partial charge is 0.457 e. The van der Waals surface area contributed by atoms with Crippen LogP contribution in [0.1, 0.15) is 126 Å². The number of esters is 2. The monoisotopic (exact) mass is 1020 g/mol. The average molecular weight is 1020 g/mol. The molecule has 4 heterocycles. The number of pyridine rings is 2. The number of Topliss-reactive ketones (excluding diaryl/α,β-unsaturated/α-hetero) is 2. The number of unbranched alkanes of at least 4 members (excludes halogenated alkanes) is 3. The SMILES string of the molecule is CC[C@@]1(OC(=O)CCC(=O)NCCCC[C@H](CC(=O)[C@H](CCCCN)NC(=O)[C@@H](CC(=O)[C@H](CCCCN)NC(C)=O)Cc2ccccc2)C(N)=O)C(=O)OCc2c1cc1n(c2=O)Cc2cc3ccccc3nc2-1. The van der Waals surface area contributed by atoms with Gasteiger partial charge in [0.25, 0.3) is 5.56 Å². The molecule has 19 heteroatoms. The van der Waals surface area contributed by atoms with E-state index in [-0.39, 0.29) is 99.4 Å². The van der Waals surface area contributed by atoms with Crippen LogP contribution in [-0.2, 0) is 73.0 Å². The Bertz CT molecular complexity index is 2760. The van der Waals surface area contributed by atoms with Crippen molar-refractivity contribution in [1.82, 2.24) is 25.5 Å². The summed E-state index contributed by atoms with van der Waals surface area (Å²) in [6.07, 6.45) is 3.08. The smallest absolute Gasteiger partial charge is 0.355 e. The van der Waals surface area contributed by atoms with E-state index in [4.69, 9.17) is 31.7 Å². The van der Waals surface area contributed by atoms with Crippen molar-refractivity contribution >= 4 is 58.0 Å². The molecule has 0 bridgehead atoms. The number of carbonyl (C=O) groups is 8. The lowest BCUT2D eigenvalue weighted by Gasteiger charge is -2.35. The number of primary amides is 1. The van der Waals surface area contributed by atoms with Crippen molar-refractivity contribution in [2.24, 2.45) is 29.0 Å². The molecule has 9 N–H and O–H groups in total. The molecule has 0 radical (unpaired) electrons. The summed E-state index contributed by atoms with van der Waals surface area (Å²) >= 11 is 0. The maximum absolute atomic E-state index is 14.1. The molecule has 0 aliphatic carbocycles. The molecule has 0 unspecified atom stereocenters. The van der Waals surface area contributed by atoms with Crippen LogP contribution in [-0.4, -0.2) is 88.4 Å². The number of carbonyl (C=O) groups excluding carboxylic acids is 8. The lowest BCUT2D eigenvalue weighted by molar-refractivity contribution is -0.189. The maximum atomic E-state index is 14.1. The van der Waals surface area contributed by atoms with Crippen molar-refractivity contribution in [1.29, 1.82) is 0 Å². The molecule has 6 rings (SSSR count). The average Bonchev–Trinajstić information content (AvgIpc) is 3.74. The molecule has 2 aliphatic rings. The van der Waals surface area contributed by atoms with Gasteiger partial charge in [-0.25, -0.2) is 9.78 Å². The fourth-order valence-corrected chi connectivity index (χ4v) is 9.79.